The van der Waals surface area contributed by atoms with Crippen molar-refractivity contribution >= 4 is 33.4 Å². The molecule has 1 unspecified atom stereocenters. The predicted octanol–water partition coefficient (Wildman–Crippen LogP) is 5.21. The van der Waals surface area contributed by atoms with Crippen LogP contribution in [0.25, 0.3) is 0 Å². The Kier molecular flexibility index (Phi) is 5.34. The van der Waals surface area contributed by atoms with E-state index in [0.29, 0.717) is 6.04 Å². The van der Waals surface area contributed by atoms with Crippen LogP contribution in [-0.2, 0) is 6.42 Å². The van der Waals surface area contributed by atoms with Gasteiger partial charge in [0.15, 0.2) is 0 Å². The molecule has 2 rings (SSSR count). The van der Waals surface area contributed by atoms with Gasteiger partial charge in [0.25, 0.3) is 0 Å². The number of nitrogens with one attached hydrogen (secondary N) is 1. The van der Waals surface area contributed by atoms with Crippen LogP contribution in [-0.4, -0.2) is 12.3 Å². The summed E-state index contributed by atoms with van der Waals surface area (Å²) in [5.41, 5.74) is 2.57. The molecule has 0 amide bonds. The van der Waals surface area contributed by atoms with E-state index in [1.54, 1.807) is 11.8 Å². The molecule has 0 aromatic heterocycles. The van der Waals surface area contributed by atoms with E-state index in [9.17, 15) is 0 Å². The van der Waals surface area contributed by atoms with Gasteiger partial charge in [-0.25, -0.2) is 0 Å². The van der Waals surface area contributed by atoms with Gasteiger partial charge in [0.05, 0.1) is 0 Å². The van der Waals surface area contributed by atoms with Gasteiger partial charge < -0.3 is 5.32 Å². The number of halogens is 1. The quantitative estimate of drug-likeness (QED) is 0.752. The fourth-order valence-electron chi connectivity index (χ4n) is 2.05. The zero-order chi connectivity index (χ0) is 13.7. The van der Waals surface area contributed by atoms with Gasteiger partial charge in [0.2, 0.25) is 0 Å². The molecular weight excluding hydrogens is 318 g/mol. The minimum Gasteiger partial charge on any atom is -0.381 e. The van der Waals surface area contributed by atoms with Crippen LogP contribution in [0.3, 0.4) is 0 Å². The van der Waals surface area contributed by atoms with E-state index in [1.807, 2.05) is 0 Å². The number of thioether (sulfide) groups is 1. The first-order valence-electron chi connectivity index (χ1n) is 6.33. The van der Waals surface area contributed by atoms with Crippen molar-refractivity contribution in [1.82, 2.24) is 0 Å². The molecular formula is C16H18BrNS. The molecule has 0 bridgehead atoms. The largest absolute Gasteiger partial charge is 0.381 e. The molecule has 1 atom stereocenters. The highest BCUT2D eigenvalue weighted by atomic mass is 79.9. The molecule has 0 radical (unpaired) electrons. The number of hydrogen-bond acceptors (Lipinski definition) is 2. The van der Waals surface area contributed by atoms with Crippen molar-refractivity contribution in [2.75, 3.05) is 11.6 Å². The Morgan fingerprint density at radius 3 is 2.47 bits per heavy atom. The summed E-state index contributed by atoms with van der Waals surface area (Å²) >= 11 is 5.24. The van der Waals surface area contributed by atoms with Crippen LogP contribution in [0.2, 0.25) is 0 Å². The Labute approximate surface area is 127 Å². The molecule has 0 aliphatic heterocycles. The number of rotatable bonds is 5. The van der Waals surface area contributed by atoms with E-state index >= 15 is 0 Å². The highest BCUT2D eigenvalue weighted by molar-refractivity contribution is 9.10. The van der Waals surface area contributed by atoms with Gasteiger partial charge in [-0.05, 0) is 49.4 Å². The molecule has 0 saturated heterocycles. The van der Waals surface area contributed by atoms with Gasteiger partial charge in [-0.1, -0.05) is 40.2 Å². The Hall–Kier alpha value is -0.930. The number of benzene rings is 2. The summed E-state index contributed by atoms with van der Waals surface area (Å²) in [6, 6.07) is 17.4. The highest BCUT2D eigenvalue weighted by Gasteiger charge is 2.06. The summed E-state index contributed by atoms with van der Waals surface area (Å²) in [6.45, 7) is 2.22. The SMILES string of the molecule is CSc1ccccc1NC(C)Cc1ccc(Br)cc1. The monoisotopic (exact) mass is 335 g/mol. The van der Waals surface area contributed by atoms with Crippen molar-refractivity contribution in [2.45, 2.75) is 24.3 Å². The normalized spacial score (nSPS) is 12.2. The van der Waals surface area contributed by atoms with E-state index in [2.05, 4.69) is 83.0 Å². The molecule has 3 heteroatoms. The van der Waals surface area contributed by atoms with Crippen LogP contribution in [0.5, 0.6) is 0 Å². The maximum absolute atomic E-state index is 3.59. The third-order valence-electron chi connectivity index (χ3n) is 2.96. The molecule has 1 nitrogen and oxygen atoms in total. The number of hydrogen-bond donors (Lipinski definition) is 1. The third-order valence-corrected chi connectivity index (χ3v) is 4.29. The molecule has 100 valence electrons. The van der Waals surface area contributed by atoms with Crippen LogP contribution in [0, 0.1) is 0 Å². The predicted molar refractivity (Wildman–Crippen MR) is 89.2 cm³/mol. The van der Waals surface area contributed by atoms with Crippen LogP contribution < -0.4 is 5.32 Å². The van der Waals surface area contributed by atoms with Crippen LogP contribution >= 0.6 is 27.7 Å². The van der Waals surface area contributed by atoms with E-state index in [4.69, 9.17) is 0 Å². The van der Waals surface area contributed by atoms with Crippen molar-refractivity contribution < 1.29 is 0 Å². The topological polar surface area (TPSA) is 12.0 Å². The summed E-state index contributed by atoms with van der Waals surface area (Å²) in [4.78, 5) is 1.30. The second-order valence-corrected chi connectivity index (χ2v) is 6.34. The first-order chi connectivity index (χ1) is 9.19. The lowest BCUT2D eigenvalue weighted by Gasteiger charge is -2.17. The van der Waals surface area contributed by atoms with Gasteiger partial charge in [0.1, 0.15) is 0 Å². The van der Waals surface area contributed by atoms with Crippen LogP contribution in [0.15, 0.2) is 57.9 Å². The lowest BCUT2D eigenvalue weighted by molar-refractivity contribution is 0.787. The molecule has 0 fully saturated rings. The Balaban J connectivity index is 2.01. The van der Waals surface area contributed by atoms with Crippen molar-refractivity contribution in [3.8, 4) is 0 Å². The molecule has 0 heterocycles. The average molecular weight is 336 g/mol. The van der Waals surface area contributed by atoms with E-state index < -0.39 is 0 Å². The summed E-state index contributed by atoms with van der Waals surface area (Å²) in [5, 5.41) is 3.59. The zero-order valence-electron chi connectivity index (χ0n) is 11.2. The van der Waals surface area contributed by atoms with E-state index in [-0.39, 0.29) is 0 Å². The first-order valence-corrected chi connectivity index (χ1v) is 8.35. The fourth-order valence-corrected chi connectivity index (χ4v) is 2.88. The van der Waals surface area contributed by atoms with Crippen molar-refractivity contribution in [2.24, 2.45) is 0 Å². The lowest BCUT2D eigenvalue weighted by Crippen LogP contribution is -2.18. The van der Waals surface area contributed by atoms with Gasteiger partial charge >= 0.3 is 0 Å². The molecule has 19 heavy (non-hydrogen) atoms. The van der Waals surface area contributed by atoms with Crippen molar-refractivity contribution in [3.05, 3.63) is 58.6 Å². The van der Waals surface area contributed by atoms with Gasteiger partial charge in [-0.3, -0.25) is 0 Å². The van der Waals surface area contributed by atoms with Crippen molar-refractivity contribution in [3.63, 3.8) is 0 Å². The molecule has 1 N–H and O–H groups in total. The summed E-state index contributed by atoms with van der Waals surface area (Å²) < 4.78 is 1.13. The average Bonchev–Trinajstić information content (AvgIpc) is 2.42. The van der Waals surface area contributed by atoms with Gasteiger partial charge in [0, 0.05) is 21.1 Å². The molecule has 2 aromatic rings. The second kappa shape index (κ2) is 7.01. The molecule has 0 aliphatic rings. The van der Waals surface area contributed by atoms with Crippen LogP contribution in [0.1, 0.15) is 12.5 Å². The smallest absolute Gasteiger partial charge is 0.0480 e. The third kappa shape index (κ3) is 4.29. The lowest BCUT2D eigenvalue weighted by atomic mass is 10.1. The highest BCUT2D eigenvalue weighted by Crippen LogP contribution is 2.25. The van der Waals surface area contributed by atoms with E-state index in [1.165, 1.54) is 16.1 Å². The standard InChI is InChI=1S/C16H18BrNS/c1-12(11-13-7-9-14(17)10-8-13)18-15-5-3-4-6-16(15)19-2/h3-10,12,18H,11H2,1-2H3. The number of anilines is 1. The zero-order valence-corrected chi connectivity index (χ0v) is 13.6. The maximum atomic E-state index is 3.59. The molecule has 0 spiro atoms. The summed E-state index contributed by atoms with van der Waals surface area (Å²) in [5.74, 6) is 0. The molecule has 2 aromatic carbocycles. The fraction of sp³-hybridized carbons (Fsp3) is 0.250. The van der Waals surface area contributed by atoms with E-state index in [0.717, 1.165) is 10.9 Å². The Morgan fingerprint density at radius 1 is 1.11 bits per heavy atom. The molecule has 0 saturated carbocycles. The first kappa shape index (κ1) is 14.5. The second-order valence-electron chi connectivity index (χ2n) is 4.58. The van der Waals surface area contributed by atoms with Gasteiger partial charge in [-0.15, -0.1) is 11.8 Å². The number of para-hydroxylation sites is 1. The van der Waals surface area contributed by atoms with Crippen molar-refractivity contribution in [1.29, 1.82) is 0 Å². The minimum atomic E-state index is 0.412. The molecule has 0 aliphatic carbocycles. The minimum absolute atomic E-state index is 0.412. The van der Waals surface area contributed by atoms with Gasteiger partial charge in [-0.2, -0.15) is 0 Å². The Morgan fingerprint density at radius 2 is 1.79 bits per heavy atom. The summed E-state index contributed by atoms with van der Waals surface area (Å²) in [7, 11) is 0. The van der Waals surface area contributed by atoms with Crippen LogP contribution in [0.4, 0.5) is 5.69 Å². The maximum Gasteiger partial charge on any atom is 0.0480 e. The summed E-state index contributed by atoms with van der Waals surface area (Å²) in [6.07, 6.45) is 3.13. The Bertz CT molecular complexity index is 525.